The molecule has 2 saturated heterocycles. The molecule has 23 heavy (non-hydrogen) atoms. The van der Waals surface area contributed by atoms with Crippen LogP contribution in [0.25, 0.3) is 0 Å². The van der Waals surface area contributed by atoms with Gasteiger partial charge in [0.25, 0.3) is 0 Å². The summed E-state index contributed by atoms with van der Waals surface area (Å²) < 4.78 is 5.42. The lowest BCUT2D eigenvalue weighted by Gasteiger charge is -2.38. The van der Waals surface area contributed by atoms with Gasteiger partial charge in [-0.15, -0.1) is 24.8 Å². The van der Waals surface area contributed by atoms with Crippen molar-refractivity contribution in [2.75, 3.05) is 45.9 Å². The SMILES string of the molecule is Cl.Cl.NC1CCC(C(=O)N2CCN(CC3CCOCC3)CC2)C1. The minimum Gasteiger partial charge on any atom is -0.381 e. The number of ether oxygens (including phenoxy) is 1. The molecule has 2 unspecified atom stereocenters. The Morgan fingerprint density at radius 2 is 1.65 bits per heavy atom. The van der Waals surface area contributed by atoms with Gasteiger partial charge in [0.05, 0.1) is 0 Å². The standard InChI is InChI=1S/C16H29N3O2.2ClH/c17-15-2-1-14(11-15)16(20)19-7-5-18(6-8-19)12-13-3-9-21-10-4-13;;/h13-15H,1-12,17H2;2*1H. The first-order valence-electron chi connectivity index (χ1n) is 8.57. The Labute approximate surface area is 152 Å². The number of rotatable bonds is 3. The molecule has 2 atom stereocenters. The number of carbonyl (C=O) groups is 1. The number of hydrogen-bond acceptors (Lipinski definition) is 4. The number of hydrogen-bond donors (Lipinski definition) is 1. The van der Waals surface area contributed by atoms with Crippen molar-refractivity contribution in [1.29, 1.82) is 0 Å². The summed E-state index contributed by atoms with van der Waals surface area (Å²) in [6, 6.07) is 0.244. The number of halogens is 2. The summed E-state index contributed by atoms with van der Waals surface area (Å²) in [5.41, 5.74) is 5.93. The van der Waals surface area contributed by atoms with Gasteiger partial charge in [-0.25, -0.2) is 0 Å². The van der Waals surface area contributed by atoms with Crippen LogP contribution in [-0.4, -0.2) is 67.7 Å². The quantitative estimate of drug-likeness (QED) is 0.821. The van der Waals surface area contributed by atoms with Gasteiger partial charge in [-0.2, -0.15) is 0 Å². The lowest BCUT2D eigenvalue weighted by molar-refractivity contribution is -0.137. The fourth-order valence-electron chi connectivity index (χ4n) is 3.94. The average molecular weight is 368 g/mol. The van der Waals surface area contributed by atoms with Gasteiger partial charge in [0.2, 0.25) is 5.91 Å². The van der Waals surface area contributed by atoms with E-state index in [0.29, 0.717) is 5.91 Å². The van der Waals surface area contributed by atoms with Crippen LogP contribution < -0.4 is 5.73 Å². The van der Waals surface area contributed by atoms with Crippen LogP contribution in [0.15, 0.2) is 0 Å². The molecule has 3 rings (SSSR count). The Morgan fingerprint density at radius 3 is 2.22 bits per heavy atom. The van der Waals surface area contributed by atoms with Crippen molar-refractivity contribution in [2.45, 2.75) is 38.1 Å². The maximum absolute atomic E-state index is 12.5. The molecule has 0 aromatic heterocycles. The van der Waals surface area contributed by atoms with Crippen molar-refractivity contribution in [2.24, 2.45) is 17.6 Å². The molecule has 1 saturated carbocycles. The van der Waals surface area contributed by atoms with E-state index in [9.17, 15) is 4.79 Å². The highest BCUT2D eigenvalue weighted by molar-refractivity contribution is 5.85. The van der Waals surface area contributed by atoms with Crippen molar-refractivity contribution in [1.82, 2.24) is 9.80 Å². The molecule has 0 spiro atoms. The molecule has 1 aliphatic carbocycles. The summed E-state index contributed by atoms with van der Waals surface area (Å²) in [6.07, 6.45) is 5.28. The van der Waals surface area contributed by atoms with Crippen molar-refractivity contribution in [3.63, 3.8) is 0 Å². The summed E-state index contributed by atoms with van der Waals surface area (Å²) >= 11 is 0. The molecule has 2 aliphatic heterocycles. The van der Waals surface area contributed by atoms with Crippen LogP contribution in [0.2, 0.25) is 0 Å². The molecule has 0 bridgehead atoms. The second-order valence-corrected chi connectivity index (χ2v) is 6.95. The molecule has 2 heterocycles. The number of nitrogens with zero attached hydrogens (tertiary/aromatic N) is 2. The van der Waals surface area contributed by atoms with Crippen molar-refractivity contribution in [3.8, 4) is 0 Å². The van der Waals surface area contributed by atoms with Crippen LogP contribution in [0, 0.1) is 11.8 Å². The molecule has 0 aromatic rings. The van der Waals surface area contributed by atoms with Crippen molar-refractivity contribution in [3.05, 3.63) is 0 Å². The second-order valence-electron chi connectivity index (χ2n) is 6.95. The lowest BCUT2D eigenvalue weighted by atomic mass is 9.99. The Bertz CT molecular complexity index is 359. The van der Waals surface area contributed by atoms with Gasteiger partial charge in [0.1, 0.15) is 0 Å². The predicted octanol–water partition coefficient (Wildman–Crippen LogP) is 1.53. The molecule has 136 valence electrons. The molecular formula is C16H31Cl2N3O2. The molecular weight excluding hydrogens is 337 g/mol. The topological polar surface area (TPSA) is 58.8 Å². The molecule has 3 fully saturated rings. The van der Waals surface area contributed by atoms with E-state index in [1.165, 1.54) is 19.4 Å². The van der Waals surface area contributed by atoms with Crippen molar-refractivity contribution >= 4 is 30.7 Å². The number of carbonyl (C=O) groups excluding carboxylic acids is 1. The number of piperazine rings is 1. The summed E-state index contributed by atoms with van der Waals surface area (Å²) in [7, 11) is 0. The van der Waals surface area contributed by atoms with Crippen LogP contribution >= 0.6 is 24.8 Å². The Hall–Kier alpha value is -0.0700. The molecule has 0 aromatic carbocycles. The van der Waals surface area contributed by atoms with Gasteiger partial charge >= 0.3 is 0 Å². The van der Waals surface area contributed by atoms with Crippen LogP contribution in [0.5, 0.6) is 0 Å². The van der Waals surface area contributed by atoms with Crippen LogP contribution in [0.4, 0.5) is 0 Å². The summed E-state index contributed by atoms with van der Waals surface area (Å²) in [4.78, 5) is 17.1. The maximum atomic E-state index is 12.5. The zero-order chi connectivity index (χ0) is 14.7. The summed E-state index contributed by atoms with van der Waals surface area (Å²) in [6.45, 7) is 6.88. The highest BCUT2D eigenvalue weighted by Crippen LogP contribution is 2.26. The Kier molecular flexibility index (Phi) is 9.16. The second kappa shape index (κ2) is 10.0. The van der Waals surface area contributed by atoms with E-state index in [1.807, 2.05) is 0 Å². The maximum Gasteiger partial charge on any atom is 0.225 e. The minimum atomic E-state index is 0. The van der Waals surface area contributed by atoms with Crippen LogP contribution in [0.3, 0.4) is 0 Å². The largest absolute Gasteiger partial charge is 0.381 e. The first-order valence-corrected chi connectivity index (χ1v) is 8.57. The average Bonchev–Trinajstić information content (AvgIpc) is 2.95. The first kappa shape index (κ1) is 21.0. The highest BCUT2D eigenvalue weighted by Gasteiger charge is 2.32. The third kappa shape index (κ3) is 5.75. The highest BCUT2D eigenvalue weighted by atomic mass is 35.5. The van der Waals surface area contributed by atoms with E-state index in [1.54, 1.807) is 0 Å². The molecule has 3 aliphatic rings. The van der Waals surface area contributed by atoms with E-state index in [-0.39, 0.29) is 36.8 Å². The van der Waals surface area contributed by atoms with Crippen molar-refractivity contribution < 1.29 is 9.53 Å². The molecule has 2 N–H and O–H groups in total. The summed E-state index contributed by atoms with van der Waals surface area (Å²) in [5, 5.41) is 0. The Balaban J connectivity index is 0.00000132. The fraction of sp³-hybridized carbons (Fsp3) is 0.938. The van der Waals surface area contributed by atoms with Gasteiger partial charge in [-0.05, 0) is 38.0 Å². The normalized spacial score (nSPS) is 29.7. The number of nitrogens with two attached hydrogens (primary N) is 1. The predicted molar refractivity (Wildman–Crippen MR) is 96.4 cm³/mol. The summed E-state index contributed by atoms with van der Waals surface area (Å²) in [5.74, 6) is 1.34. The van der Waals surface area contributed by atoms with E-state index >= 15 is 0 Å². The van der Waals surface area contributed by atoms with Gasteiger partial charge < -0.3 is 15.4 Å². The smallest absolute Gasteiger partial charge is 0.225 e. The third-order valence-corrected chi connectivity index (χ3v) is 5.36. The van der Waals surface area contributed by atoms with Gasteiger partial charge in [-0.3, -0.25) is 9.69 Å². The third-order valence-electron chi connectivity index (χ3n) is 5.36. The van der Waals surface area contributed by atoms with Gasteiger partial charge in [-0.1, -0.05) is 0 Å². The minimum absolute atomic E-state index is 0. The monoisotopic (exact) mass is 367 g/mol. The molecule has 0 radical (unpaired) electrons. The van der Waals surface area contributed by atoms with E-state index in [0.717, 1.165) is 64.6 Å². The first-order chi connectivity index (χ1) is 10.2. The molecule has 7 heteroatoms. The fourth-order valence-corrected chi connectivity index (χ4v) is 3.94. The molecule has 1 amide bonds. The van der Waals surface area contributed by atoms with Crippen LogP contribution in [0.1, 0.15) is 32.1 Å². The zero-order valence-electron chi connectivity index (χ0n) is 13.8. The Morgan fingerprint density at radius 1 is 1.00 bits per heavy atom. The van der Waals surface area contributed by atoms with Gasteiger partial charge in [0.15, 0.2) is 0 Å². The number of amides is 1. The zero-order valence-corrected chi connectivity index (χ0v) is 15.5. The van der Waals surface area contributed by atoms with E-state index in [2.05, 4.69) is 9.80 Å². The molecule has 5 nitrogen and oxygen atoms in total. The van der Waals surface area contributed by atoms with Gasteiger partial charge in [0, 0.05) is 57.9 Å². The lowest BCUT2D eigenvalue weighted by Crippen LogP contribution is -2.51. The van der Waals surface area contributed by atoms with E-state index in [4.69, 9.17) is 10.5 Å². The van der Waals surface area contributed by atoms with E-state index < -0.39 is 0 Å². The van der Waals surface area contributed by atoms with Crippen LogP contribution in [-0.2, 0) is 9.53 Å².